The van der Waals surface area contributed by atoms with Crippen molar-refractivity contribution in [3.63, 3.8) is 0 Å². The highest BCUT2D eigenvalue weighted by atomic mass is 19.1. The van der Waals surface area contributed by atoms with Crippen molar-refractivity contribution in [1.82, 2.24) is 0 Å². The number of pyridine rings is 1. The van der Waals surface area contributed by atoms with Crippen molar-refractivity contribution in [3.8, 4) is 11.1 Å². The number of hydrogen-bond acceptors (Lipinski definition) is 2. The van der Waals surface area contributed by atoms with Crippen LogP contribution >= 0.6 is 0 Å². The van der Waals surface area contributed by atoms with Gasteiger partial charge in [0, 0.05) is 12.1 Å². The predicted molar refractivity (Wildman–Crippen MR) is 125 cm³/mol. The molecule has 4 aliphatic carbocycles. The van der Waals surface area contributed by atoms with E-state index in [0.29, 0.717) is 5.69 Å². The molecule has 4 aromatic rings. The highest BCUT2D eigenvalue weighted by Gasteiger charge is 2.13. The Morgan fingerprint density at radius 3 is 2.06 bits per heavy atom. The summed E-state index contributed by atoms with van der Waals surface area (Å²) < 4.78 is 30.0. The molecule has 0 fully saturated rings. The summed E-state index contributed by atoms with van der Waals surface area (Å²) in [4.78, 5) is 0. The molecule has 0 saturated heterocycles. The van der Waals surface area contributed by atoms with Crippen LogP contribution in [-0.2, 0) is 32.7 Å². The monoisotopic (exact) mass is 440 g/mol. The first kappa shape index (κ1) is 21.1. The molecule has 0 atom stereocenters. The first-order chi connectivity index (χ1) is 16.1. The van der Waals surface area contributed by atoms with Crippen LogP contribution in [0.15, 0.2) is 89.4 Å². The van der Waals surface area contributed by atoms with Gasteiger partial charge < -0.3 is 0 Å². The molecule has 5 heteroatoms. The molecule has 0 aliphatic heterocycles. The lowest BCUT2D eigenvalue weighted by atomic mass is 9.90. The fourth-order valence-electron chi connectivity index (χ4n) is 4.26. The average molecular weight is 441 g/mol. The SMILES string of the molecule is C[n+]1ccc(-c2cc3ccc2CCc2ccc(c(N=Nc4c(F)cccc4F)c2)CC3)cc1. The van der Waals surface area contributed by atoms with Crippen LogP contribution in [-0.4, -0.2) is 0 Å². The van der Waals surface area contributed by atoms with E-state index in [4.69, 9.17) is 0 Å². The molecule has 33 heavy (non-hydrogen) atoms. The van der Waals surface area contributed by atoms with E-state index in [0.717, 1.165) is 36.8 Å². The maximum Gasteiger partial charge on any atom is 0.169 e. The molecular weight excluding hydrogens is 416 g/mol. The fourth-order valence-corrected chi connectivity index (χ4v) is 4.26. The number of aromatic nitrogens is 1. The molecule has 0 saturated carbocycles. The number of aryl methyl sites for hydroxylation is 5. The Morgan fingerprint density at radius 1 is 0.697 bits per heavy atom. The number of halogens is 2. The van der Waals surface area contributed by atoms with Crippen molar-refractivity contribution in [1.29, 1.82) is 0 Å². The zero-order valence-electron chi connectivity index (χ0n) is 18.4. The molecule has 0 radical (unpaired) electrons. The summed E-state index contributed by atoms with van der Waals surface area (Å²) in [5, 5.41) is 8.19. The van der Waals surface area contributed by atoms with E-state index < -0.39 is 11.6 Å². The van der Waals surface area contributed by atoms with Crippen molar-refractivity contribution in [2.75, 3.05) is 0 Å². The molecular formula is C28H24F2N3+. The lowest BCUT2D eigenvalue weighted by Gasteiger charge is -2.15. The molecule has 1 aromatic heterocycles. The first-order valence-electron chi connectivity index (χ1n) is 11.1. The molecule has 0 spiro atoms. The Labute approximate surface area is 192 Å². The van der Waals surface area contributed by atoms with Gasteiger partial charge in [0.2, 0.25) is 0 Å². The van der Waals surface area contributed by atoms with Crippen LogP contribution in [0.3, 0.4) is 0 Å². The average Bonchev–Trinajstić information content (AvgIpc) is 2.81. The Kier molecular flexibility index (Phi) is 5.78. The number of nitrogens with zero attached hydrogens (tertiary/aromatic N) is 3. The van der Waals surface area contributed by atoms with Gasteiger partial charge in [-0.15, -0.1) is 5.11 Å². The van der Waals surface area contributed by atoms with Crippen molar-refractivity contribution in [3.05, 3.63) is 113 Å². The summed E-state index contributed by atoms with van der Waals surface area (Å²) >= 11 is 0. The minimum absolute atomic E-state index is 0.356. The number of hydrogen-bond donors (Lipinski definition) is 0. The van der Waals surface area contributed by atoms with Crippen LogP contribution in [0.2, 0.25) is 0 Å². The highest BCUT2D eigenvalue weighted by molar-refractivity contribution is 5.68. The Hall–Kier alpha value is -3.73. The molecule has 3 nitrogen and oxygen atoms in total. The second kappa shape index (κ2) is 9.02. The summed E-state index contributed by atoms with van der Waals surface area (Å²) in [6.45, 7) is 0. The van der Waals surface area contributed by atoms with Gasteiger partial charge in [0.1, 0.15) is 7.05 Å². The molecule has 0 amide bonds. The number of azo groups is 1. The van der Waals surface area contributed by atoms with Gasteiger partial charge in [-0.2, -0.15) is 5.11 Å². The van der Waals surface area contributed by atoms with Gasteiger partial charge in [-0.25, -0.2) is 13.3 Å². The number of rotatable bonds is 3. The number of benzene rings is 3. The first-order valence-corrected chi connectivity index (χ1v) is 11.1. The van der Waals surface area contributed by atoms with Crippen LogP contribution in [0.5, 0.6) is 0 Å². The van der Waals surface area contributed by atoms with E-state index in [9.17, 15) is 8.78 Å². The van der Waals surface area contributed by atoms with Gasteiger partial charge in [0.15, 0.2) is 29.7 Å². The van der Waals surface area contributed by atoms with E-state index in [1.54, 1.807) is 0 Å². The minimum atomic E-state index is -0.715. The zero-order chi connectivity index (χ0) is 22.8. The quantitative estimate of drug-likeness (QED) is 0.249. The van der Waals surface area contributed by atoms with Gasteiger partial charge in [0.25, 0.3) is 0 Å². The van der Waals surface area contributed by atoms with E-state index in [1.807, 2.05) is 17.7 Å². The molecule has 3 aromatic carbocycles. The minimum Gasteiger partial charge on any atom is -0.208 e. The fraction of sp³-hybridized carbons (Fsp3) is 0.179. The van der Waals surface area contributed by atoms with E-state index in [1.165, 1.54) is 40.5 Å². The standard InChI is InChI=1S/C28H24F2N3/c1-33-15-13-22(14-16-33)24-17-19-5-9-21(24)10-6-20-8-12-23(11-7-19)27(18-20)31-32-28-25(29)3-2-4-26(28)30/h2-5,8-9,12-18H,6-7,10-11H2,1H3/q+1. The normalized spacial score (nSPS) is 13.3. The molecule has 1 heterocycles. The Balaban J connectivity index is 1.49. The predicted octanol–water partition coefficient (Wildman–Crippen LogP) is 6.76. The van der Waals surface area contributed by atoms with Crippen LogP contribution < -0.4 is 4.57 Å². The maximum absolute atomic E-state index is 14.0. The largest absolute Gasteiger partial charge is 0.208 e. The molecule has 8 rings (SSSR count). The summed E-state index contributed by atoms with van der Waals surface area (Å²) in [6, 6.07) is 20.9. The van der Waals surface area contributed by atoms with Crippen molar-refractivity contribution >= 4 is 11.4 Å². The van der Waals surface area contributed by atoms with Crippen LogP contribution in [0.4, 0.5) is 20.2 Å². The van der Waals surface area contributed by atoms with Gasteiger partial charge in [0.05, 0.1) is 5.69 Å². The van der Waals surface area contributed by atoms with Crippen molar-refractivity contribution in [2.24, 2.45) is 17.3 Å². The third-order valence-electron chi connectivity index (χ3n) is 6.17. The molecule has 4 bridgehead atoms. The summed E-state index contributed by atoms with van der Waals surface area (Å²) in [5.41, 5.74) is 7.49. The van der Waals surface area contributed by atoms with Gasteiger partial charge in [-0.05, 0) is 77.3 Å². The molecule has 164 valence electrons. The smallest absolute Gasteiger partial charge is 0.169 e. The second-order valence-electron chi connectivity index (χ2n) is 8.48. The van der Waals surface area contributed by atoms with Gasteiger partial charge >= 0.3 is 0 Å². The Bertz CT molecular complexity index is 1320. The van der Waals surface area contributed by atoms with E-state index in [-0.39, 0.29) is 5.69 Å². The summed E-state index contributed by atoms with van der Waals surface area (Å²) in [7, 11) is 2.02. The highest BCUT2D eigenvalue weighted by Crippen LogP contribution is 2.31. The second-order valence-corrected chi connectivity index (χ2v) is 8.48. The van der Waals surface area contributed by atoms with E-state index in [2.05, 4.69) is 65.1 Å². The lowest BCUT2D eigenvalue weighted by Crippen LogP contribution is -2.25. The lowest BCUT2D eigenvalue weighted by molar-refractivity contribution is -0.671. The van der Waals surface area contributed by atoms with Crippen LogP contribution in [0.1, 0.15) is 22.3 Å². The van der Waals surface area contributed by atoms with Crippen LogP contribution in [0.25, 0.3) is 11.1 Å². The molecule has 4 aliphatic rings. The topological polar surface area (TPSA) is 28.6 Å². The van der Waals surface area contributed by atoms with E-state index >= 15 is 0 Å². The third-order valence-corrected chi connectivity index (χ3v) is 6.17. The van der Waals surface area contributed by atoms with Gasteiger partial charge in [-0.1, -0.05) is 36.4 Å². The molecule has 0 unspecified atom stereocenters. The zero-order valence-corrected chi connectivity index (χ0v) is 18.4. The van der Waals surface area contributed by atoms with Crippen molar-refractivity contribution < 1.29 is 13.3 Å². The molecule has 0 N–H and O–H groups in total. The van der Waals surface area contributed by atoms with Crippen molar-refractivity contribution in [2.45, 2.75) is 25.7 Å². The third kappa shape index (κ3) is 4.58. The van der Waals surface area contributed by atoms with Gasteiger partial charge in [-0.3, -0.25) is 0 Å². The summed E-state index contributed by atoms with van der Waals surface area (Å²) in [5.74, 6) is -1.43. The maximum atomic E-state index is 14.0. The summed E-state index contributed by atoms with van der Waals surface area (Å²) in [6.07, 6.45) is 7.46. The Morgan fingerprint density at radius 2 is 1.33 bits per heavy atom. The van der Waals surface area contributed by atoms with Crippen LogP contribution in [0, 0.1) is 11.6 Å².